The molecular weight excluding hydrogens is 209 g/mol. The zero-order chi connectivity index (χ0) is 12.7. The number of benzene rings is 1. The summed E-state index contributed by atoms with van der Waals surface area (Å²) in [6, 6.07) is 8.53. The van der Waals surface area contributed by atoms with Crippen molar-refractivity contribution in [3.05, 3.63) is 35.4 Å². The molecule has 0 aliphatic carbocycles. The molecule has 88 valence electrons. The number of rotatable bonds is 7. The fourth-order valence-electron chi connectivity index (χ4n) is 1.78. The van der Waals surface area contributed by atoms with E-state index in [9.17, 15) is 4.79 Å². The maximum absolute atomic E-state index is 11.0. The van der Waals surface area contributed by atoms with Crippen LogP contribution in [-0.2, 0) is 17.9 Å². The van der Waals surface area contributed by atoms with E-state index in [1.807, 2.05) is 12.8 Å². The van der Waals surface area contributed by atoms with Crippen LogP contribution in [0.1, 0.15) is 18.1 Å². The molecule has 1 rings (SSSR count). The van der Waals surface area contributed by atoms with Crippen LogP contribution in [0.25, 0.3) is 0 Å². The number of nitrogens with zero attached hydrogens (tertiary/aromatic N) is 1. The summed E-state index contributed by atoms with van der Waals surface area (Å²) < 4.78 is 0. The first kappa shape index (κ1) is 14.1. The lowest BCUT2D eigenvalue weighted by molar-refractivity contribution is -0.117. The first-order valence-electron chi connectivity index (χ1n) is 6.08. The molecule has 1 N–H and O–H groups in total. The number of hydrogen-bond acceptors (Lipinski definition) is 3. The van der Waals surface area contributed by atoms with Crippen molar-refractivity contribution in [1.82, 2.24) is 10.0 Å². The molecule has 0 heterocycles. The lowest BCUT2D eigenvalue weighted by Crippen LogP contribution is -2.25. The highest BCUT2D eigenvalue weighted by atomic mass is 16.1. The Morgan fingerprint density at radius 2 is 1.94 bits per heavy atom. The number of hydrogen-bond donors (Lipinski definition) is 1. The van der Waals surface area contributed by atoms with Crippen molar-refractivity contribution in [2.75, 3.05) is 6.54 Å². The van der Waals surface area contributed by atoms with E-state index in [4.69, 9.17) is 0 Å². The van der Waals surface area contributed by atoms with Gasteiger partial charge in [0.1, 0.15) is 5.78 Å². The lowest BCUT2D eigenvalue weighted by atomic mass is 9.67. The highest BCUT2D eigenvalue weighted by molar-refractivity contribution is 6.87. The molecule has 0 unspecified atom stereocenters. The number of nitrogens with one attached hydrogen (secondary N) is 1. The van der Waals surface area contributed by atoms with Crippen molar-refractivity contribution in [2.24, 2.45) is 0 Å². The number of carbonyl (C=O) groups is 1. The number of Topliss-reactive ketones (excluding diaryl/α,β-unsaturated/α-hetero) is 1. The van der Waals surface area contributed by atoms with E-state index in [1.54, 1.807) is 6.92 Å². The molecule has 0 saturated carbocycles. The maximum atomic E-state index is 11.0. The average molecular weight is 228 g/mol. The van der Waals surface area contributed by atoms with Gasteiger partial charge in [-0.05, 0) is 18.1 Å². The first-order chi connectivity index (χ1) is 8.11. The molecule has 3 nitrogen and oxygen atoms in total. The van der Waals surface area contributed by atoms with E-state index in [2.05, 4.69) is 37.2 Å². The Bertz CT molecular complexity index is 356. The molecule has 0 atom stereocenters. The second kappa shape index (κ2) is 7.35. The van der Waals surface area contributed by atoms with Gasteiger partial charge in [-0.2, -0.15) is 0 Å². The molecule has 0 radical (unpaired) electrons. The smallest absolute Gasteiger partial charge is 0.186 e. The third kappa shape index (κ3) is 5.75. The highest BCUT2D eigenvalue weighted by Crippen LogP contribution is 2.06. The topological polar surface area (TPSA) is 32.3 Å². The molecule has 0 aliphatic heterocycles. The Morgan fingerprint density at radius 3 is 2.47 bits per heavy atom. The summed E-state index contributed by atoms with van der Waals surface area (Å²) in [6.07, 6.45) is 0. The van der Waals surface area contributed by atoms with E-state index in [1.165, 1.54) is 11.1 Å². The molecule has 0 spiro atoms. The van der Waals surface area contributed by atoms with Crippen molar-refractivity contribution >= 4 is 28.8 Å². The average Bonchev–Trinajstić information content (AvgIpc) is 2.27. The summed E-state index contributed by atoms with van der Waals surface area (Å²) in [7, 11) is 5.06. The van der Waals surface area contributed by atoms with E-state index >= 15 is 0 Å². The van der Waals surface area contributed by atoms with Crippen LogP contribution >= 0.6 is 0 Å². The second-order valence-electron chi connectivity index (χ2n) is 4.47. The van der Waals surface area contributed by atoms with Crippen LogP contribution < -0.4 is 5.23 Å². The molecule has 0 fully saturated rings. The van der Waals surface area contributed by atoms with Crippen molar-refractivity contribution < 1.29 is 4.79 Å². The minimum Gasteiger partial charge on any atom is -0.362 e. The van der Waals surface area contributed by atoms with E-state index in [0.29, 0.717) is 6.54 Å². The minimum atomic E-state index is 0.205. The highest BCUT2D eigenvalue weighted by Gasteiger charge is 2.02. The molecule has 0 amide bonds. The summed E-state index contributed by atoms with van der Waals surface area (Å²) in [5, 5.41) is 3.30. The molecule has 1 aromatic rings. The van der Waals surface area contributed by atoms with Gasteiger partial charge in [0.25, 0.3) is 0 Å². The molecule has 17 heavy (non-hydrogen) atoms. The fraction of sp³-hybridized carbons (Fsp3) is 0.364. The van der Waals surface area contributed by atoms with Crippen LogP contribution in [0.4, 0.5) is 0 Å². The van der Waals surface area contributed by atoms with Crippen LogP contribution in [0.2, 0.25) is 0 Å². The van der Waals surface area contributed by atoms with Gasteiger partial charge in [-0.1, -0.05) is 24.3 Å². The van der Waals surface area contributed by atoms with Crippen molar-refractivity contribution in [3.63, 3.8) is 0 Å². The standard InChI is InChI=1S/C11H19B3N2O/c1-9(17)7-16(13)8-11-4-2-10(3-5-11)6-15-14-12/h2-5,14-15H,6-8,12-13H2,1H3. The summed E-state index contributed by atoms with van der Waals surface area (Å²) in [5.74, 6) is 0.205. The lowest BCUT2D eigenvalue weighted by Gasteiger charge is -2.15. The fourth-order valence-corrected chi connectivity index (χ4v) is 1.78. The molecular formula is C11H19B3N2O. The second-order valence-corrected chi connectivity index (χ2v) is 4.47. The molecule has 0 bridgehead atoms. The quantitative estimate of drug-likeness (QED) is 0.583. The molecule has 0 aliphatic rings. The third-order valence-electron chi connectivity index (χ3n) is 2.55. The first-order valence-corrected chi connectivity index (χ1v) is 6.08. The summed E-state index contributed by atoms with van der Waals surface area (Å²) in [4.78, 5) is 13.0. The van der Waals surface area contributed by atoms with E-state index < -0.39 is 0 Å². The van der Waals surface area contributed by atoms with Crippen molar-refractivity contribution in [1.29, 1.82) is 0 Å². The predicted molar refractivity (Wildman–Crippen MR) is 78.6 cm³/mol. The molecule has 6 heteroatoms. The Kier molecular flexibility index (Phi) is 6.09. The maximum Gasteiger partial charge on any atom is 0.186 e. The molecule has 0 aromatic heterocycles. The van der Waals surface area contributed by atoms with Crippen LogP contribution in [-0.4, -0.2) is 40.2 Å². The summed E-state index contributed by atoms with van der Waals surface area (Å²) >= 11 is 0. The van der Waals surface area contributed by atoms with Crippen molar-refractivity contribution in [2.45, 2.75) is 20.0 Å². The normalized spacial score (nSPS) is 10.5. The van der Waals surface area contributed by atoms with Gasteiger partial charge < -0.3 is 10.0 Å². The number of carbonyl (C=O) groups excluding carboxylic acids is 1. The van der Waals surface area contributed by atoms with Gasteiger partial charge in [-0.15, -0.1) is 0 Å². The Hall–Kier alpha value is -0.995. The van der Waals surface area contributed by atoms with Gasteiger partial charge in [0.15, 0.2) is 15.3 Å². The summed E-state index contributed by atoms with van der Waals surface area (Å²) in [6.45, 7) is 3.87. The van der Waals surface area contributed by atoms with Crippen molar-refractivity contribution in [3.8, 4) is 0 Å². The van der Waals surface area contributed by atoms with Crippen LogP contribution in [0, 0.1) is 0 Å². The van der Waals surface area contributed by atoms with Gasteiger partial charge in [0.2, 0.25) is 0 Å². The summed E-state index contributed by atoms with van der Waals surface area (Å²) in [5.41, 5.74) is 2.54. The minimum absolute atomic E-state index is 0.205. The van der Waals surface area contributed by atoms with Crippen LogP contribution in [0.15, 0.2) is 24.3 Å². The zero-order valence-corrected chi connectivity index (χ0v) is 11.0. The van der Waals surface area contributed by atoms with Gasteiger partial charge in [0.05, 0.1) is 7.74 Å². The zero-order valence-electron chi connectivity index (χ0n) is 11.0. The van der Waals surface area contributed by atoms with Gasteiger partial charge in [0, 0.05) is 19.6 Å². The van der Waals surface area contributed by atoms with Gasteiger partial charge in [-0.3, -0.25) is 4.79 Å². The van der Waals surface area contributed by atoms with Crippen LogP contribution in [0.3, 0.4) is 0 Å². The Balaban J connectivity index is 2.47. The third-order valence-corrected chi connectivity index (χ3v) is 2.55. The van der Waals surface area contributed by atoms with Crippen LogP contribution in [0.5, 0.6) is 0 Å². The molecule has 1 aromatic carbocycles. The molecule has 0 saturated heterocycles. The van der Waals surface area contributed by atoms with E-state index in [0.717, 1.165) is 20.4 Å². The SMILES string of the molecule is BBNCc1ccc(CN(B)CC(C)=O)cc1. The van der Waals surface area contributed by atoms with Gasteiger partial charge in [-0.25, -0.2) is 0 Å². The Labute approximate surface area is 106 Å². The van der Waals surface area contributed by atoms with Gasteiger partial charge >= 0.3 is 0 Å². The largest absolute Gasteiger partial charge is 0.362 e. The number of ketones is 1. The predicted octanol–water partition coefficient (Wildman–Crippen LogP) is -1.39. The van der Waals surface area contributed by atoms with E-state index in [-0.39, 0.29) is 5.78 Å². The monoisotopic (exact) mass is 228 g/mol. The Morgan fingerprint density at radius 1 is 1.35 bits per heavy atom.